The number of benzene rings is 4. The minimum Gasteiger partial charge on any atom is -0.478 e. The molecule has 4 rings (SSSR count). The molecule has 0 aromatic heterocycles. The third kappa shape index (κ3) is 6.08. The molecule has 0 fully saturated rings. The maximum atomic E-state index is 13.0. The molecule has 0 unspecified atom stereocenters. The van der Waals surface area contributed by atoms with Crippen LogP contribution in [-0.2, 0) is 4.79 Å². The third-order valence-corrected chi connectivity index (χ3v) is 6.68. The highest BCUT2D eigenvalue weighted by Gasteiger charge is 2.17. The first kappa shape index (κ1) is 25.7. The normalized spacial score (nSPS) is 10.6. The lowest BCUT2D eigenvalue weighted by atomic mass is 9.98. The van der Waals surface area contributed by atoms with E-state index >= 15 is 0 Å². The van der Waals surface area contributed by atoms with E-state index in [0.717, 1.165) is 4.90 Å². The van der Waals surface area contributed by atoms with E-state index in [2.05, 4.69) is 10.6 Å². The van der Waals surface area contributed by atoms with Gasteiger partial charge in [0.25, 0.3) is 5.91 Å². The SMILES string of the molecule is O=C(CSc1ccc(NC(=O)c2cccc3cccc(C(=O)O)c23)cc1)Nc1ccc(Cl)c(C(=O)O)c1. The predicted molar refractivity (Wildman–Crippen MR) is 143 cm³/mol. The van der Waals surface area contributed by atoms with E-state index in [-0.39, 0.29) is 33.4 Å². The molecule has 0 heterocycles. The standard InChI is InChI=1S/C27H19ClN2O6S/c28-22-12-9-17(13-21(22)27(35)36)29-23(31)14-37-18-10-7-16(8-11-18)30-25(32)19-5-1-3-15-4-2-6-20(24(15)19)26(33)34/h1-13H,14H2,(H,29,31)(H,30,32)(H,33,34)(H,35,36). The van der Waals surface area contributed by atoms with Crippen LogP contribution in [0.15, 0.2) is 83.8 Å². The summed E-state index contributed by atoms with van der Waals surface area (Å²) in [5, 5.41) is 25.2. The molecule has 0 aliphatic rings. The number of thioether (sulfide) groups is 1. The van der Waals surface area contributed by atoms with Crippen molar-refractivity contribution >= 4 is 69.3 Å². The molecule has 0 aliphatic heterocycles. The summed E-state index contributed by atoms with van der Waals surface area (Å²) >= 11 is 7.11. The Morgan fingerprint density at radius 1 is 0.730 bits per heavy atom. The number of hydrogen-bond acceptors (Lipinski definition) is 5. The third-order valence-electron chi connectivity index (χ3n) is 5.34. The number of carboxylic acid groups (broad SMARTS) is 2. The number of fused-ring (bicyclic) bond motifs is 1. The number of rotatable bonds is 8. The zero-order valence-corrected chi connectivity index (χ0v) is 20.6. The van der Waals surface area contributed by atoms with Crippen LogP contribution in [0.3, 0.4) is 0 Å². The van der Waals surface area contributed by atoms with Crippen molar-refractivity contribution in [1.29, 1.82) is 0 Å². The van der Waals surface area contributed by atoms with Gasteiger partial charge < -0.3 is 20.8 Å². The predicted octanol–water partition coefficient (Wildman–Crippen LogP) is 5.87. The molecule has 37 heavy (non-hydrogen) atoms. The molecule has 10 heteroatoms. The van der Waals surface area contributed by atoms with E-state index in [9.17, 15) is 24.3 Å². The number of anilines is 2. The Hall–Kier alpha value is -4.34. The number of amides is 2. The molecule has 4 N–H and O–H groups in total. The molecular formula is C27H19ClN2O6S. The second-order valence-electron chi connectivity index (χ2n) is 7.83. The molecule has 8 nitrogen and oxygen atoms in total. The molecule has 4 aromatic carbocycles. The molecule has 0 saturated heterocycles. The van der Waals surface area contributed by atoms with Crippen LogP contribution in [0.2, 0.25) is 5.02 Å². The second-order valence-corrected chi connectivity index (χ2v) is 9.29. The van der Waals surface area contributed by atoms with Crippen molar-refractivity contribution in [1.82, 2.24) is 0 Å². The molecule has 0 aliphatic carbocycles. The van der Waals surface area contributed by atoms with Gasteiger partial charge in [0, 0.05) is 27.2 Å². The fourth-order valence-electron chi connectivity index (χ4n) is 3.65. The number of carboxylic acids is 2. The topological polar surface area (TPSA) is 133 Å². The Morgan fingerprint density at radius 2 is 1.35 bits per heavy atom. The fraction of sp³-hybridized carbons (Fsp3) is 0.0370. The monoisotopic (exact) mass is 534 g/mol. The second kappa shape index (κ2) is 11.2. The minimum absolute atomic E-state index is 0.0473. The number of carbonyl (C=O) groups excluding carboxylic acids is 2. The van der Waals surface area contributed by atoms with Gasteiger partial charge in [-0.05, 0) is 60.0 Å². The molecule has 0 spiro atoms. The zero-order chi connectivity index (χ0) is 26.5. The van der Waals surface area contributed by atoms with Crippen LogP contribution >= 0.6 is 23.4 Å². The highest BCUT2D eigenvalue weighted by Crippen LogP contribution is 2.26. The molecule has 0 atom stereocenters. The van der Waals surface area contributed by atoms with Crippen molar-refractivity contribution in [2.45, 2.75) is 4.90 Å². The van der Waals surface area contributed by atoms with E-state index in [1.165, 1.54) is 36.0 Å². The van der Waals surface area contributed by atoms with E-state index in [0.29, 0.717) is 22.1 Å². The molecule has 0 saturated carbocycles. The summed E-state index contributed by atoms with van der Waals surface area (Å²) < 4.78 is 0. The van der Waals surface area contributed by atoms with E-state index in [1.807, 2.05) is 0 Å². The van der Waals surface area contributed by atoms with Gasteiger partial charge in [-0.3, -0.25) is 9.59 Å². The lowest BCUT2D eigenvalue weighted by Gasteiger charge is -2.11. The Kier molecular flexibility index (Phi) is 7.76. The van der Waals surface area contributed by atoms with Gasteiger partial charge >= 0.3 is 11.9 Å². The summed E-state index contributed by atoms with van der Waals surface area (Å²) in [5.41, 5.74) is 1.02. The van der Waals surface area contributed by atoms with E-state index < -0.39 is 17.8 Å². The summed E-state index contributed by atoms with van der Waals surface area (Å²) in [6, 6.07) is 20.9. The quantitative estimate of drug-likeness (QED) is 0.208. The van der Waals surface area contributed by atoms with Crippen molar-refractivity contribution in [3.8, 4) is 0 Å². The number of aromatic carboxylic acids is 2. The van der Waals surface area contributed by atoms with Crippen LogP contribution in [-0.4, -0.2) is 39.7 Å². The molecular weight excluding hydrogens is 516 g/mol. The van der Waals surface area contributed by atoms with Crippen molar-refractivity contribution in [2.75, 3.05) is 16.4 Å². The largest absolute Gasteiger partial charge is 0.478 e. The Morgan fingerprint density at radius 3 is 2.00 bits per heavy atom. The van der Waals surface area contributed by atoms with Gasteiger partial charge in [0.05, 0.1) is 21.9 Å². The number of halogens is 1. The van der Waals surface area contributed by atoms with Crippen molar-refractivity contribution < 1.29 is 29.4 Å². The van der Waals surface area contributed by atoms with Crippen LogP contribution in [0, 0.1) is 0 Å². The van der Waals surface area contributed by atoms with Crippen molar-refractivity contribution in [3.63, 3.8) is 0 Å². The van der Waals surface area contributed by atoms with E-state index in [1.54, 1.807) is 54.6 Å². The Labute approximate surface area is 220 Å². The highest BCUT2D eigenvalue weighted by molar-refractivity contribution is 8.00. The van der Waals surface area contributed by atoms with E-state index in [4.69, 9.17) is 16.7 Å². The smallest absolute Gasteiger partial charge is 0.337 e. The number of nitrogens with one attached hydrogen (secondary N) is 2. The van der Waals surface area contributed by atoms with Crippen molar-refractivity contribution in [2.24, 2.45) is 0 Å². The van der Waals surface area contributed by atoms with Crippen LogP contribution < -0.4 is 10.6 Å². The maximum Gasteiger partial charge on any atom is 0.337 e. The summed E-state index contributed by atoms with van der Waals surface area (Å²) in [5.74, 6) is -3.00. The van der Waals surface area contributed by atoms with Gasteiger partial charge in [-0.15, -0.1) is 11.8 Å². The first-order chi connectivity index (χ1) is 17.7. The first-order valence-corrected chi connectivity index (χ1v) is 12.2. The number of hydrogen-bond donors (Lipinski definition) is 4. The molecule has 186 valence electrons. The highest BCUT2D eigenvalue weighted by atomic mass is 35.5. The molecule has 2 amide bonds. The van der Waals surface area contributed by atoms with Crippen LogP contribution in [0.4, 0.5) is 11.4 Å². The summed E-state index contributed by atoms with van der Waals surface area (Å²) in [4.78, 5) is 48.9. The number of carbonyl (C=O) groups is 4. The average molecular weight is 535 g/mol. The van der Waals surface area contributed by atoms with Gasteiger partial charge in [0.15, 0.2) is 0 Å². The Bertz CT molecular complexity index is 1530. The van der Waals surface area contributed by atoms with Crippen LogP contribution in [0.5, 0.6) is 0 Å². The Balaban J connectivity index is 1.39. The molecule has 4 aromatic rings. The maximum absolute atomic E-state index is 13.0. The lowest BCUT2D eigenvalue weighted by Crippen LogP contribution is -2.14. The van der Waals surface area contributed by atoms with Gasteiger partial charge in [0.1, 0.15) is 0 Å². The average Bonchev–Trinajstić information content (AvgIpc) is 2.88. The zero-order valence-electron chi connectivity index (χ0n) is 19.0. The van der Waals surface area contributed by atoms with Gasteiger partial charge in [-0.1, -0.05) is 35.9 Å². The van der Waals surface area contributed by atoms with Crippen LogP contribution in [0.25, 0.3) is 10.8 Å². The van der Waals surface area contributed by atoms with Crippen molar-refractivity contribution in [3.05, 3.63) is 101 Å². The lowest BCUT2D eigenvalue weighted by molar-refractivity contribution is -0.113. The summed E-state index contributed by atoms with van der Waals surface area (Å²) in [6.45, 7) is 0. The van der Waals surface area contributed by atoms with Gasteiger partial charge in [-0.25, -0.2) is 9.59 Å². The van der Waals surface area contributed by atoms with Gasteiger partial charge in [-0.2, -0.15) is 0 Å². The van der Waals surface area contributed by atoms with Crippen LogP contribution in [0.1, 0.15) is 31.1 Å². The summed E-state index contributed by atoms with van der Waals surface area (Å²) in [7, 11) is 0. The fourth-order valence-corrected chi connectivity index (χ4v) is 4.55. The molecule has 0 bridgehead atoms. The molecule has 0 radical (unpaired) electrons. The summed E-state index contributed by atoms with van der Waals surface area (Å²) in [6.07, 6.45) is 0. The van der Waals surface area contributed by atoms with Gasteiger partial charge in [0.2, 0.25) is 5.91 Å². The minimum atomic E-state index is -1.19. The first-order valence-electron chi connectivity index (χ1n) is 10.8.